The van der Waals surface area contributed by atoms with E-state index in [4.69, 9.17) is 18.9 Å². The van der Waals surface area contributed by atoms with Gasteiger partial charge in [0.05, 0.1) is 26.7 Å². The van der Waals surface area contributed by atoms with Crippen molar-refractivity contribution in [1.82, 2.24) is 10.6 Å². The van der Waals surface area contributed by atoms with Crippen molar-refractivity contribution in [3.8, 4) is 0 Å². The molecule has 0 atom stereocenters. The second-order valence-corrected chi connectivity index (χ2v) is 5.26. The summed E-state index contributed by atoms with van der Waals surface area (Å²) in [7, 11) is 0. The van der Waals surface area contributed by atoms with Gasteiger partial charge in [0.25, 0.3) is 0 Å². The van der Waals surface area contributed by atoms with Crippen molar-refractivity contribution in [2.24, 2.45) is 0 Å². The van der Waals surface area contributed by atoms with Crippen LogP contribution >= 0.6 is 0 Å². The van der Waals surface area contributed by atoms with Crippen molar-refractivity contribution in [1.29, 1.82) is 0 Å². The van der Waals surface area contributed by atoms with Gasteiger partial charge in [0, 0.05) is 12.2 Å². The molecule has 0 aliphatic carbocycles. The van der Waals surface area contributed by atoms with Crippen molar-refractivity contribution in [2.75, 3.05) is 53.0 Å². The summed E-state index contributed by atoms with van der Waals surface area (Å²) in [5, 5.41) is 6.34. The van der Waals surface area contributed by atoms with Crippen LogP contribution in [0.4, 0.5) is 0 Å². The van der Waals surface area contributed by atoms with Gasteiger partial charge in [-0.2, -0.15) is 0 Å². The number of carbonyl (C=O) groups is 2. The van der Waals surface area contributed by atoms with Crippen LogP contribution < -0.4 is 10.6 Å². The number of carbonyl (C=O) groups excluding carboxylic acids is 2. The zero-order chi connectivity index (χ0) is 19.3. The number of hydrogen-bond donors (Lipinski definition) is 2. The Balaban J connectivity index is 3.07. The number of unbranched alkanes of at least 4 members (excludes halogenated alkanes) is 3. The third-order valence-corrected chi connectivity index (χ3v) is 3.14. The molecule has 150 valence electrons. The molecule has 0 aromatic heterocycles. The molecule has 0 spiro atoms. The lowest BCUT2D eigenvalue weighted by atomic mass is 10.2. The van der Waals surface area contributed by atoms with Crippen LogP contribution in [0.25, 0.3) is 0 Å². The molecule has 0 saturated carbocycles. The molecule has 0 aliphatic heterocycles. The minimum Gasteiger partial charge on any atom is -0.460 e. The Morgan fingerprint density at radius 1 is 0.692 bits per heavy atom. The fourth-order valence-corrected chi connectivity index (χ4v) is 1.81. The van der Waals surface area contributed by atoms with Crippen LogP contribution in [0.15, 0.2) is 25.3 Å². The lowest BCUT2D eigenvalue weighted by molar-refractivity contribution is -0.140. The Morgan fingerprint density at radius 3 is 1.50 bits per heavy atom. The van der Waals surface area contributed by atoms with Crippen molar-refractivity contribution in [3.05, 3.63) is 25.3 Å². The van der Waals surface area contributed by atoms with Crippen LogP contribution in [-0.4, -0.2) is 64.9 Å². The fourth-order valence-electron chi connectivity index (χ4n) is 1.81. The van der Waals surface area contributed by atoms with Gasteiger partial charge in [0.2, 0.25) is 0 Å². The van der Waals surface area contributed by atoms with Gasteiger partial charge in [-0.25, -0.2) is 9.59 Å². The highest BCUT2D eigenvalue weighted by molar-refractivity contribution is 5.81. The van der Waals surface area contributed by atoms with Gasteiger partial charge in [0.15, 0.2) is 0 Å². The van der Waals surface area contributed by atoms with Gasteiger partial charge in [-0.05, 0) is 25.9 Å². The summed E-state index contributed by atoms with van der Waals surface area (Å²) >= 11 is 0. The second kappa shape index (κ2) is 19.6. The van der Waals surface area contributed by atoms with E-state index < -0.39 is 11.9 Å². The first-order valence-electron chi connectivity index (χ1n) is 8.86. The average molecular weight is 372 g/mol. The van der Waals surface area contributed by atoms with Gasteiger partial charge < -0.3 is 18.9 Å². The highest BCUT2D eigenvalue weighted by Gasteiger charge is 1.96. The second-order valence-electron chi connectivity index (χ2n) is 5.26. The fraction of sp³-hybridized carbons (Fsp3) is 0.667. The van der Waals surface area contributed by atoms with E-state index in [9.17, 15) is 9.59 Å². The van der Waals surface area contributed by atoms with E-state index in [0.717, 1.165) is 50.9 Å². The predicted octanol–water partition coefficient (Wildman–Crippen LogP) is 1.13. The van der Waals surface area contributed by atoms with Crippen molar-refractivity contribution >= 4 is 11.9 Å². The third kappa shape index (κ3) is 18.6. The standard InChI is InChI=1S/C18H32N2O6/c1-3-17(21)25-13-11-23-15-19-9-7-5-6-8-10-20-16-24-12-14-26-18(22)4-2/h3-4,19-20H,1-2,5-16H2. The molecule has 0 aromatic carbocycles. The maximum atomic E-state index is 10.8. The van der Waals surface area contributed by atoms with E-state index in [0.29, 0.717) is 26.7 Å². The van der Waals surface area contributed by atoms with Crippen LogP contribution in [0.1, 0.15) is 25.7 Å². The van der Waals surface area contributed by atoms with E-state index in [-0.39, 0.29) is 13.2 Å². The maximum absolute atomic E-state index is 10.8. The van der Waals surface area contributed by atoms with E-state index in [2.05, 4.69) is 23.8 Å². The first-order chi connectivity index (χ1) is 12.7. The summed E-state index contributed by atoms with van der Waals surface area (Å²) in [6.45, 7) is 10.5. The minimum atomic E-state index is -0.434. The molecule has 26 heavy (non-hydrogen) atoms. The minimum absolute atomic E-state index is 0.239. The normalized spacial score (nSPS) is 10.3. The number of nitrogens with one attached hydrogen (secondary N) is 2. The molecule has 8 heteroatoms. The molecule has 0 fully saturated rings. The Labute approximate surface area is 155 Å². The summed E-state index contributed by atoms with van der Waals surface area (Å²) in [6, 6.07) is 0. The summed E-state index contributed by atoms with van der Waals surface area (Å²) in [5.41, 5.74) is 0. The van der Waals surface area contributed by atoms with E-state index in [1.54, 1.807) is 0 Å². The lowest BCUT2D eigenvalue weighted by Crippen LogP contribution is -2.22. The Hall–Kier alpha value is -1.74. The van der Waals surface area contributed by atoms with E-state index in [1.807, 2.05) is 0 Å². The van der Waals surface area contributed by atoms with E-state index >= 15 is 0 Å². The van der Waals surface area contributed by atoms with Gasteiger partial charge in [0.1, 0.15) is 13.2 Å². The Bertz CT molecular complexity index is 354. The van der Waals surface area contributed by atoms with Crippen molar-refractivity contribution < 1.29 is 28.5 Å². The van der Waals surface area contributed by atoms with Gasteiger partial charge in [-0.1, -0.05) is 26.0 Å². The number of rotatable bonds is 19. The van der Waals surface area contributed by atoms with Crippen LogP contribution in [0, 0.1) is 0 Å². The topological polar surface area (TPSA) is 95.1 Å². The summed E-state index contributed by atoms with van der Waals surface area (Å²) in [6.07, 6.45) is 6.71. The molecular formula is C18H32N2O6. The summed E-state index contributed by atoms with van der Waals surface area (Å²) in [5.74, 6) is -0.867. The monoisotopic (exact) mass is 372 g/mol. The molecule has 8 nitrogen and oxygen atoms in total. The number of ether oxygens (including phenoxy) is 4. The maximum Gasteiger partial charge on any atom is 0.330 e. The molecule has 0 bridgehead atoms. The van der Waals surface area contributed by atoms with Crippen LogP contribution in [-0.2, 0) is 28.5 Å². The smallest absolute Gasteiger partial charge is 0.330 e. The highest BCUT2D eigenvalue weighted by Crippen LogP contribution is 1.97. The van der Waals surface area contributed by atoms with Gasteiger partial charge in [-0.3, -0.25) is 10.6 Å². The molecule has 2 N–H and O–H groups in total. The van der Waals surface area contributed by atoms with Crippen LogP contribution in [0.2, 0.25) is 0 Å². The molecule has 0 aromatic rings. The van der Waals surface area contributed by atoms with Gasteiger partial charge >= 0.3 is 11.9 Å². The highest BCUT2D eigenvalue weighted by atomic mass is 16.6. The molecule has 0 aliphatic rings. The zero-order valence-electron chi connectivity index (χ0n) is 15.5. The first-order valence-corrected chi connectivity index (χ1v) is 8.86. The van der Waals surface area contributed by atoms with E-state index in [1.165, 1.54) is 0 Å². The quantitative estimate of drug-likeness (QED) is 0.151. The molecule has 0 saturated heterocycles. The van der Waals surface area contributed by atoms with Crippen LogP contribution in [0.5, 0.6) is 0 Å². The summed E-state index contributed by atoms with van der Waals surface area (Å²) in [4.78, 5) is 21.5. The zero-order valence-corrected chi connectivity index (χ0v) is 15.5. The Morgan fingerprint density at radius 2 is 1.12 bits per heavy atom. The largest absolute Gasteiger partial charge is 0.460 e. The summed E-state index contributed by atoms with van der Waals surface area (Å²) < 4.78 is 20.1. The molecular weight excluding hydrogens is 340 g/mol. The Kier molecular flexibility index (Phi) is 18.3. The first kappa shape index (κ1) is 24.3. The average Bonchev–Trinajstić information content (AvgIpc) is 2.66. The number of hydrogen-bond acceptors (Lipinski definition) is 8. The lowest BCUT2D eigenvalue weighted by Gasteiger charge is -2.07. The van der Waals surface area contributed by atoms with Crippen LogP contribution in [0.3, 0.4) is 0 Å². The predicted molar refractivity (Wildman–Crippen MR) is 98.4 cm³/mol. The molecule has 0 radical (unpaired) electrons. The van der Waals surface area contributed by atoms with Gasteiger partial charge in [-0.15, -0.1) is 0 Å². The van der Waals surface area contributed by atoms with Crippen molar-refractivity contribution in [2.45, 2.75) is 25.7 Å². The third-order valence-electron chi connectivity index (χ3n) is 3.14. The van der Waals surface area contributed by atoms with Crippen molar-refractivity contribution in [3.63, 3.8) is 0 Å². The molecule has 0 heterocycles. The SMILES string of the molecule is C=CC(=O)OCCOCNCCCCCCNCOCCOC(=O)C=C. The molecule has 0 unspecified atom stereocenters. The number of esters is 2. The molecule has 0 amide bonds. The molecule has 0 rings (SSSR count).